The number of hydrazine groups is 1. The summed E-state index contributed by atoms with van der Waals surface area (Å²) in [6.45, 7) is 9.92. The highest BCUT2D eigenvalue weighted by atomic mass is 32.2. The third-order valence-corrected chi connectivity index (χ3v) is 11.3. The first-order valence-corrected chi connectivity index (χ1v) is 22.8. The summed E-state index contributed by atoms with van der Waals surface area (Å²) < 4.78 is 0. The van der Waals surface area contributed by atoms with E-state index in [9.17, 15) is 38.7 Å². The molecule has 11 N–H and O–H groups in total. The Morgan fingerprint density at radius 2 is 1.56 bits per heavy atom. The maximum absolute atomic E-state index is 14.1. The summed E-state index contributed by atoms with van der Waals surface area (Å²) in [5.74, 6) is -2.60. The number of aldehydes is 2. The zero-order chi connectivity index (χ0) is 45.6. The van der Waals surface area contributed by atoms with Crippen LogP contribution in [-0.4, -0.2) is 137 Å². The number of phenols is 1. The normalized spacial score (nSPS) is 17.6. The molecule has 1 unspecified atom stereocenters. The van der Waals surface area contributed by atoms with E-state index in [1.54, 1.807) is 32.9 Å². The van der Waals surface area contributed by atoms with Crippen LogP contribution in [0.3, 0.4) is 0 Å². The number of nitrogens with zero attached hydrogens (tertiary/aromatic N) is 2. The number of rotatable bonds is 30. The Morgan fingerprint density at radius 1 is 0.902 bits per heavy atom. The summed E-state index contributed by atoms with van der Waals surface area (Å²) in [4.78, 5) is 98.2. The largest absolute Gasteiger partial charge is 0.508 e. The number of aromatic hydroxyl groups is 1. The van der Waals surface area contributed by atoms with Crippen LogP contribution >= 0.6 is 24.4 Å². The molecule has 0 aromatic heterocycles. The van der Waals surface area contributed by atoms with Crippen LogP contribution in [-0.2, 0) is 40.0 Å². The third-order valence-electron chi connectivity index (χ3n) is 10.3. The molecule has 1 aliphatic heterocycles. The van der Waals surface area contributed by atoms with Crippen molar-refractivity contribution in [2.45, 2.75) is 128 Å². The van der Waals surface area contributed by atoms with Gasteiger partial charge in [-0.25, -0.2) is 10.9 Å². The van der Waals surface area contributed by atoms with Crippen LogP contribution in [0.15, 0.2) is 29.3 Å². The summed E-state index contributed by atoms with van der Waals surface area (Å²) in [6.07, 6.45) is 5.09. The summed E-state index contributed by atoms with van der Waals surface area (Å²) in [5, 5.41) is 21.3. The number of carbonyl (C=O) groups excluding carboxylic acids is 7. The zero-order valence-electron chi connectivity index (χ0n) is 36.2. The molecule has 0 spiro atoms. The smallest absolute Gasteiger partial charge is 0.243 e. The topological polar surface area (TPSA) is 280 Å². The third kappa shape index (κ3) is 18.4. The van der Waals surface area contributed by atoms with Crippen LogP contribution in [0.4, 0.5) is 0 Å². The number of nitrogens with one attached hydrogen (secondary N) is 6. The summed E-state index contributed by atoms with van der Waals surface area (Å²) in [7, 11) is 0. The van der Waals surface area contributed by atoms with Gasteiger partial charge in [0.2, 0.25) is 29.3 Å². The molecule has 1 aromatic rings. The number of amides is 3. The molecule has 0 aliphatic carbocycles. The highest BCUT2D eigenvalue weighted by Gasteiger charge is 2.39. The number of aliphatic imine (C=N–C) groups is 1. The van der Waals surface area contributed by atoms with Crippen LogP contribution in [0.5, 0.6) is 5.75 Å². The van der Waals surface area contributed by atoms with E-state index in [-0.39, 0.29) is 48.7 Å². The Bertz CT molecular complexity index is 1620. The average Bonchev–Trinajstić information content (AvgIpc) is 3.72. The molecule has 1 aromatic carbocycles. The first-order chi connectivity index (χ1) is 28.9. The molecule has 1 fully saturated rings. The van der Waals surface area contributed by atoms with Gasteiger partial charge in [0.05, 0.1) is 36.4 Å². The highest BCUT2D eigenvalue weighted by Crippen LogP contribution is 2.21. The lowest BCUT2D eigenvalue weighted by atomic mass is 10.0. The number of benzene rings is 1. The number of thiol groups is 1. The molecular weight excluding hydrogens is 825 g/mol. The van der Waals surface area contributed by atoms with Crippen molar-refractivity contribution < 1.29 is 38.7 Å². The lowest BCUT2D eigenvalue weighted by molar-refractivity contribution is -0.139. The number of hydrogen-bond donors (Lipinski definition) is 10. The fourth-order valence-electron chi connectivity index (χ4n) is 6.86. The van der Waals surface area contributed by atoms with E-state index in [1.165, 1.54) is 23.9 Å². The van der Waals surface area contributed by atoms with Gasteiger partial charge in [-0.3, -0.25) is 39.2 Å². The van der Waals surface area contributed by atoms with Crippen LogP contribution in [0.2, 0.25) is 0 Å². The van der Waals surface area contributed by atoms with Crippen LogP contribution < -0.4 is 43.6 Å². The molecule has 0 bridgehead atoms. The predicted octanol–water partition coefficient (Wildman–Crippen LogP) is -0.0363. The minimum absolute atomic E-state index is 0.00566. The number of guanidine groups is 1. The van der Waals surface area contributed by atoms with E-state index >= 15 is 0 Å². The lowest BCUT2D eigenvalue weighted by Crippen LogP contribution is -2.60. The molecular formula is C41H68N10O8S2. The maximum atomic E-state index is 14.1. The number of thioether (sulfide) groups is 1. The second-order valence-electron chi connectivity index (χ2n) is 16.1. The molecule has 8 atom stereocenters. The van der Waals surface area contributed by atoms with E-state index in [1.807, 2.05) is 25.0 Å². The molecule has 1 aliphatic rings. The zero-order valence-corrected chi connectivity index (χ0v) is 37.9. The first kappa shape index (κ1) is 53.1. The van der Waals surface area contributed by atoms with Crippen molar-refractivity contribution >= 4 is 72.2 Å². The highest BCUT2D eigenvalue weighted by molar-refractivity contribution is 7.98. The van der Waals surface area contributed by atoms with Crippen molar-refractivity contribution in [1.82, 2.24) is 37.0 Å². The summed E-state index contributed by atoms with van der Waals surface area (Å²) in [5.41, 5.74) is 17.5. The van der Waals surface area contributed by atoms with Crippen molar-refractivity contribution in [3.8, 4) is 5.75 Å². The van der Waals surface area contributed by atoms with Crippen molar-refractivity contribution in [3.63, 3.8) is 0 Å². The minimum Gasteiger partial charge on any atom is -0.508 e. The van der Waals surface area contributed by atoms with Crippen LogP contribution in [0, 0.1) is 11.8 Å². The first-order valence-electron chi connectivity index (χ1n) is 20.8. The van der Waals surface area contributed by atoms with E-state index < -0.39 is 77.7 Å². The van der Waals surface area contributed by atoms with Crippen LogP contribution in [0.1, 0.15) is 78.7 Å². The maximum Gasteiger partial charge on any atom is 0.243 e. The van der Waals surface area contributed by atoms with E-state index in [2.05, 4.69) is 49.7 Å². The van der Waals surface area contributed by atoms with Gasteiger partial charge in [-0.15, -0.1) is 0 Å². The molecule has 3 amide bonds. The number of ketones is 2. The second kappa shape index (κ2) is 27.8. The standard InChI is InChI=1S/C41H68N10O8S2/c1-24(2)19-28(21-52)49-50-30(15-18-61-6)36(55)37(56)34(23-60)45-26(5)51-17-8-10-35(51)40(59)46-31(9-7-16-44-41(42)43)38(57)47-32(20-27-11-13-29(54)14-12-27)39(58)48-33(22-53)25(3)4/h11-14,21-22,24-26,28,30-35,45,49-50,54,60H,7-10,15-20,23H2,1-6H3,(H,46,59)(H,47,57)(H,48,58)(H4,42,43,44)/t26?,28-,30-,31-,32-,33+,34-,35-/m0/s1. The number of Topliss-reactive ketones (excluding diaryl/α,β-unsaturated/α-hetero) is 2. The fraction of sp³-hybridized carbons (Fsp3) is 0.659. The van der Waals surface area contributed by atoms with Gasteiger partial charge < -0.3 is 42.1 Å². The van der Waals surface area contributed by atoms with Gasteiger partial charge in [0, 0.05) is 25.3 Å². The van der Waals surface area contributed by atoms with Crippen molar-refractivity contribution in [3.05, 3.63) is 29.8 Å². The number of hydrogen-bond acceptors (Lipinski definition) is 15. The summed E-state index contributed by atoms with van der Waals surface area (Å²) in [6, 6.07) is -0.114. The van der Waals surface area contributed by atoms with Gasteiger partial charge in [0.15, 0.2) is 5.96 Å². The molecule has 342 valence electrons. The van der Waals surface area contributed by atoms with Gasteiger partial charge in [-0.2, -0.15) is 24.4 Å². The van der Waals surface area contributed by atoms with E-state index in [4.69, 9.17) is 11.5 Å². The second-order valence-corrected chi connectivity index (χ2v) is 17.4. The molecule has 1 saturated heterocycles. The van der Waals surface area contributed by atoms with Crippen LogP contribution in [0.25, 0.3) is 0 Å². The minimum atomic E-state index is -1.15. The van der Waals surface area contributed by atoms with Gasteiger partial charge >= 0.3 is 0 Å². The molecule has 1 heterocycles. The van der Waals surface area contributed by atoms with Crippen molar-refractivity contribution in [2.24, 2.45) is 28.3 Å². The molecule has 61 heavy (non-hydrogen) atoms. The van der Waals surface area contributed by atoms with Crippen molar-refractivity contribution in [1.29, 1.82) is 0 Å². The average molecular weight is 893 g/mol. The number of nitrogens with two attached hydrogens (primary N) is 2. The Balaban J connectivity index is 2.28. The van der Waals surface area contributed by atoms with E-state index in [0.29, 0.717) is 56.3 Å². The number of phenolic OH excluding ortho intramolecular Hbond substituents is 1. The van der Waals surface area contributed by atoms with Gasteiger partial charge in [0.1, 0.15) is 30.4 Å². The Kier molecular flexibility index (Phi) is 24.2. The number of likely N-dealkylation sites (tertiary alicyclic amines) is 1. The van der Waals surface area contributed by atoms with Gasteiger partial charge in [0.25, 0.3) is 0 Å². The molecule has 2 rings (SSSR count). The monoisotopic (exact) mass is 892 g/mol. The Labute approximate surface area is 369 Å². The Hall–Kier alpha value is -4.08. The fourth-order valence-corrected chi connectivity index (χ4v) is 7.60. The van der Waals surface area contributed by atoms with Gasteiger partial charge in [-0.05, 0) is 87.0 Å². The molecule has 0 radical (unpaired) electrons. The molecule has 0 saturated carbocycles. The molecule has 18 nitrogen and oxygen atoms in total. The Morgan fingerprint density at radius 3 is 2.13 bits per heavy atom. The van der Waals surface area contributed by atoms with Crippen molar-refractivity contribution in [2.75, 3.05) is 30.9 Å². The summed E-state index contributed by atoms with van der Waals surface area (Å²) >= 11 is 5.91. The lowest BCUT2D eigenvalue weighted by Gasteiger charge is -2.33. The van der Waals surface area contributed by atoms with Gasteiger partial charge in [-0.1, -0.05) is 39.8 Å². The SMILES string of the molecule is CSCC[C@H](NN[C@H](C=O)CC(C)C)C(=O)C(=O)[C@H](CS)NC(C)N1CCC[C@H]1C(=O)N[C@@H](CCCN=C(N)N)C(=O)N[C@@H](Cc1ccc(O)cc1)C(=O)N[C@H](C=O)C(C)C. The quantitative estimate of drug-likeness (QED) is 0.00924. The number of carbonyl (C=O) groups is 7. The molecule has 20 heteroatoms. The predicted molar refractivity (Wildman–Crippen MR) is 241 cm³/mol. The van der Waals surface area contributed by atoms with E-state index in [0.717, 1.165) is 6.29 Å².